The smallest absolute Gasteiger partial charge is 0.345 e. The van der Waals surface area contributed by atoms with E-state index in [0.717, 1.165) is 0 Å². The number of hydrogen-bond donors (Lipinski definition) is 0. The van der Waals surface area contributed by atoms with E-state index in [2.05, 4.69) is 0 Å². The van der Waals surface area contributed by atoms with Crippen LogP contribution < -0.4 is 4.74 Å². The molecule has 0 spiro atoms. The van der Waals surface area contributed by atoms with Gasteiger partial charge in [-0.15, -0.1) is 0 Å². The number of benzene rings is 2. The van der Waals surface area contributed by atoms with Crippen molar-refractivity contribution in [1.82, 2.24) is 0 Å². The number of ether oxygens (including phenoxy) is 1. The number of carbonyl (C=O) groups excluding carboxylic acids is 1. The lowest BCUT2D eigenvalue weighted by Gasteiger charge is -2.05. The molecule has 92 valence electrons. The summed E-state index contributed by atoms with van der Waals surface area (Å²) in [6, 6.07) is 9.57. The van der Waals surface area contributed by atoms with Crippen molar-refractivity contribution in [2.24, 2.45) is 0 Å². The van der Waals surface area contributed by atoms with Crippen LogP contribution in [-0.4, -0.2) is 5.97 Å². The molecule has 0 aliphatic rings. The standard InChI is InChI=1S/C13H7Cl2FO2/c14-8-1-6-11(12(15)7-8)13(17)18-10-4-2-9(16)3-5-10/h1-7H. The largest absolute Gasteiger partial charge is 0.423 e. The molecule has 0 atom stereocenters. The normalized spacial score (nSPS) is 10.2. The van der Waals surface area contributed by atoms with E-state index in [4.69, 9.17) is 27.9 Å². The van der Waals surface area contributed by atoms with Gasteiger partial charge >= 0.3 is 5.97 Å². The molecule has 5 heteroatoms. The van der Waals surface area contributed by atoms with Crippen LogP contribution in [0.3, 0.4) is 0 Å². The molecule has 0 saturated heterocycles. The summed E-state index contributed by atoms with van der Waals surface area (Å²) in [5.41, 5.74) is 0.199. The van der Waals surface area contributed by atoms with Crippen molar-refractivity contribution in [3.63, 3.8) is 0 Å². The van der Waals surface area contributed by atoms with E-state index in [1.54, 1.807) is 0 Å². The Kier molecular flexibility index (Phi) is 3.84. The zero-order valence-corrected chi connectivity index (χ0v) is 10.5. The van der Waals surface area contributed by atoms with Gasteiger partial charge in [0.1, 0.15) is 11.6 Å². The molecule has 0 saturated carbocycles. The van der Waals surface area contributed by atoms with Crippen molar-refractivity contribution < 1.29 is 13.9 Å². The molecule has 0 heterocycles. The predicted octanol–water partition coefficient (Wildman–Crippen LogP) is 4.35. The monoisotopic (exact) mass is 284 g/mol. The highest BCUT2D eigenvalue weighted by Crippen LogP contribution is 2.22. The molecule has 2 aromatic carbocycles. The maximum Gasteiger partial charge on any atom is 0.345 e. The van der Waals surface area contributed by atoms with E-state index in [1.165, 1.54) is 42.5 Å². The van der Waals surface area contributed by atoms with Gasteiger partial charge in [0.25, 0.3) is 0 Å². The number of carbonyl (C=O) groups is 1. The van der Waals surface area contributed by atoms with Crippen LogP contribution in [-0.2, 0) is 0 Å². The van der Waals surface area contributed by atoms with Crippen LogP contribution in [0.4, 0.5) is 4.39 Å². The second-order valence-electron chi connectivity index (χ2n) is 3.47. The van der Waals surface area contributed by atoms with Gasteiger partial charge in [-0.25, -0.2) is 9.18 Å². The van der Waals surface area contributed by atoms with Crippen molar-refractivity contribution in [2.75, 3.05) is 0 Å². The lowest BCUT2D eigenvalue weighted by molar-refractivity contribution is 0.0735. The third kappa shape index (κ3) is 3.00. The maximum absolute atomic E-state index is 12.7. The Hall–Kier alpha value is -1.58. The minimum absolute atomic E-state index is 0.199. The molecule has 0 amide bonds. The van der Waals surface area contributed by atoms with Gasteiger partial charge in [0.05, 0.1) is 10.6 Å². The summed E-state index contributed by atoms with van der Waals surface area (Å²) in [4.78, 5) is 11.8. The first-order chi connectivity index (χ1) is 8.56. The molecule has 18 heavy (non-hydrogen) atoms. The van der Waals surface area contributed by atoms with Crippen molar-refractivity contribution >= 4 is 29.2 Å². The van der Waals surface area contributed by atoms with Gasteiger partial charge < -0.3 is 4.74 Å². The average Bonchev–Trinajstić information content (AvgIpc) is 2.32. The van der Waals surface area contributed by atoms with E-state index in [9.17, 15) is 9.18 Å². The minimum atomic E-state index is -0.622. The third-order valence-corrected chi connectivity index (χ3v) is 2.72. The van der Waals surface area contributed by atoms with Crippen LogP contribution >= 0.6 is 23.2 Å². The highest BCUT2D eigenvalue weighted by molar-refractivity contribution is 6.36. The SMILES string of the molecule is O=C(Oc1ccc(F)cc1)c1ccc(Cl)cc1Cl. The first-order valence-corrected chi connectivity index (χ1v) is 5.74. The van der Waals surface area contributed by atoms with Crippen LogP contribution in [0.15, 0.2) is 42.5 Å². The molecule has 0 aromatic heterocycles. The molecule has 0 radical (unpaired) electrons. The van der Waals surface area contributed by atoms with Gasteiger partial charge in [-0.05, 0) is 42.5 Å². The highest BCUT2D eigenvalue weighted by atomic mass is 35.5. The predicted molar refractivity (Wildman–Crippen MR) is 67.8 cm³/mol. The van der Waals surface area contributed by atoms with E-state index < -0.39 is 11.8 Å². The fourth-order valence-corrected chi connectivity index (χ4v) is 1.81. The Morgan fingerprint density at radius 3 is 2.33 bits per heavy atom. The Morgan fingerprint density at radius 2 is 1.72 bits per heavy atom. The van der Waals surface area contributed by atoms with Crippen molar-refractivity contribution in [2.45, 2.75) is 0 Å². The van der Waals surface area contributed by atoms with Crippen LogP contribution in [0.2, 0.25) is 10.0 Å². The molecule has 0 bridgehead atoms. The lowest BCUT2D eigenvalue weighted by Crippen LogP contribution is -2.09. The van der Waals surface area contributed by atoms with Crippen LogP contribution in [0.1, 0.15) is 10.4 Å². The lowest BCUT2D eigenvalue weighted by atomic mass is 10.2. The zero-order chi connectivity index (χ0) is 13.1. The van der Waals surface area contributed by atoms with E-state index >= 15 is 0 Å². The Bertz CT molecular complexity index is 582. The number of halogens is 3. The summed E-state index contributed by atoms with van der Waals surface area (Å²) in [6.07, 6.45) is 0. The van der Waals surface area contributed by atoms with E-state index in [-0.39, 0.29) is 16.3 Å². The Balaban J connectivity index is 2.19. The van der Waals surface area contributed by atoms with Crippen molar-refractivity contribution in [3.05, 3.63) is 63.9 Å². The van der Waals surface area contributed by atoms with Gasteiger partial charge in [-0.2, -0.15) is 0 Å². The molecular weight excluding hydrogens is 278 g/mol. The second-order valence-corrected chi connectivity index (χ2v) is 4.31. The molecule has 0 fully saturated rings. The van der Waals surface area contributed by atoms with Crippen LogP contribution in [0.5, 0.6) is 5.75 Å². The quantitative estimate of drug-likeness (QED) is 0.605. The molecule has 2 rings (SSSR count). The molecule has 2 aromatic rings. The third-order valence-electron chi connectivity index (χ3n) is 2.18. The number of rotatable bonds is 2. The average molecular weight is 285 g/mol. The topological polar surface area (TPSA) is 26.3 Å². The van der Waals surface area contributed by atoms with Crippen LogP contribution in [0.25, 0.3) is 0 Å². The van der Waals surface area contributed by atoms with Gasteiger partial charge in [-0.1, -0.05) is 23.2 Å². The van der Waals surface area contributed by atoms with Crippen LogP contribution in [0, 0.1) is 5.82 Å². The van der Waals surface area contributed by atoms with Gasteiger partial charge in [0.15, 0.2) is 0 Å². The zero-order valence-electron chi connectivity index (χ0n) is 8.99. The summed E-state index contributed by atoms with van der Waals surface area (Å²) >= 11 is 11.6. The summed E-state index contributed by atoms with van der Waals surface area (Å²) in [7, 11) is 0. The fraction of sp³-hybridized carbons (Fsp3) is 0. The van der Waals surface area contributed by atoms with Crippen molar-refractivity contribution in [1.29, 1.82) is 0 Å². The van der Waals surface area contributed by atoms with Gasteiger partial charge in [0, 0.05) is 5.02 Å². The molecule has 0 unspecified atom stereocenters. The summed E-state index contributed by atoms with van der Waals surface area (Å²) in [6.45, 7) is 0. The summed E-state index contributed by atoms with van der Waals surface area (Å²) in [5, 5.41) is 0.632. The fourth-order valence-electron chi connectivity index (χ4n) is 1.32. The molecule has 2 nitrogen and oxygen atoms in total. The van der Waals surface area contributed by atoms with Gasteiger partial charge in [-0.3, -0.25) is 0 Å². The Labute approximate surface area is 113 Å². The molecule has 0 aliphatic carbocycles. The molecule has 0 N–H and O–H groups in total. The summed E-state index contributed by atoms with van der Waals surface area (Å²) < 4.78 is 17.7. The first kappa shape index (κ1) is 12.9. The van der Waals surface area contributed by atoms with E-state index in [0.29, 0.717) is 5.02 Å². The number of hydrogen-bond acceptors (Lipinski definition) is 2. The molecular formula is C13H7Cl2FO2. The van der Waals surface area contributed by atoms with E-state index in [1.807, 2.05) is 0 Å². The summed E-state index contributed by atoms with van der Waals surface area (Å²) in [5.74, 6) is -0.782. The number of esters is 1. The van der Waals surface area contributed by atoms with Crippen molar-refractivity contribution in [3.8, 4) is 5.75 Å². The minimum Gasteiger partial charge on any atom is -0.423 e. The highest BCUT2D eigenvalue weighted by Gasteiger charge is 2.13. The second kappa shape index (κ2) is 5.38. The van der Waals surface area contributed by atoms with Gasteiger partial charge in [0.2, 0.25) is 0 Å². The first-order valence-electron chi connectivity index (χ1n) is 4.99. The maximum atomic E-state index is 12.7. The Morgan fingerprint density at radius 1 is 1.06 bits per heavy atom. The molecule has 0 aliphatic heterocycles.